The Bertz CT molecular complexity index is 467. The Balaban J connectivity index is 1.65. The van der Waals surface area contributed by atoms with Crippen molar-refractivity contribution < 1.29 is 14.4 Å². The standard InChI is InChI=1S/C15H23N3O3/c1-15(11-6-7-11)13(20)18(14(21)16-15)10-12(19)17-8-4-2-3-5-9-17/h11H,2-10H2,1H3,(H,16,21). The highest BCUT2D eigenvalue weighted by molar-refractivity contribution is 6.09. The van der Waals surface area contributed by atoms with Gasteiger partial charge in [0.15, 0.2) is 0 Å². The van der Waals surface area contributed by atoms with Crippen molar-refractivity contribution >= 4 is 17.8 Å². The quantitative estimate of drug-likeness (QED) is 0.792. The molecule has 2 saturated heterocycles. The van der Waals surface area contributed by atoms with E-state index in [0.717, 1.165) is 56.5 Å². The van der Waals surface area contributed by atoms with Crippen LogP contribution in [0.1, 0.15) is 45.4 Å². The number of carbonyl (C=O) groups excluding carboxylic acids is 3. The highest BCUT2D eigenvalue weighted by atomic mass is 16.2. The van der Waals surface area contributed by atoms with E-state index in [1.165, 1.54) is 0 Å². The second-order valence-electron chi connectivity index (χ2n) is 6.59. The number of amides is 4. The summed E-state index contributed by atoms with van der Waals surface area (Å²) in [6.45, 7) is 3.14. The zero-order valence-electron chi connectivity index (χ0n) is 12.6. The molecule has 0 aromatic carbocycles. The van der Waals surface area contributed by atoms with Crippen molar-refractivity contribution in [3.63, 3.8) is 0 Å². The van der Waals surface area contributed by atoms with Crippen molar-refractivity contribution in [3.05, 3.63) is 0 Å². The summed E-state index contributed by atoms with van der Waals surface area (Å²) >= 11 is 0. The third-order valence-corrected chi connectivity index (χ3v) is 4.95. The van der Waals surface area contributed by atoms with Gasteiger partial charge in [0.05, 0.1) is 0 Å². The molecule has 6 nitrogen and oxygen atoms in total. The maximum absolute atomic E-state index is 12.5. The van der Waals surface area contributed by atoms with Gasteiger partial charge in [-0.2, -0.15) is 0 Å². The molecule has 0 aromatic rings. The normalized spacial score (nSPS) is 30.3. The average Bonchev–Trinajstić information content (AvgIpc) is 3.27. The number of nitrogens with zero attached hydrogens (tertiary/aromatic N) is 2. The van der Waals surface area contributed by atoms with Crippen LogP contribution in [0.2, 0.25) is 0 Å². The molecular formula is C15H23N3O3. The summed E-state index contributed by atoms with van der Waals surface area (Å²) in [7, 11) is 0. The molecule has 1 atom stereocenters. The fourth-order valence-electron chi connectivity index (χ4n) is 3.35. The van der Waals surface area contributed by atoms with Gasteiger partial charge < -0.3 is 10.2 Å². The molecule has 1 saturated carbocycles. The molecular weight excluding hydrogens is 270 g/mol. The number of hydrogen-bond donors (Lipinski definition) is 1. The summed E-state index contributed by atoms with van der Waals surface area (Å²) < 4.78 is 0. The predicted molar refractivity (Wildman–Crippen MR) is 76.4 cm³/mol. The molecule has 1 unspecified atom stereocenters. The van der Waals surface area contributed by atoms with E-state index in [2.05, 4.69) is 5.32 Å². The number of nitrogens with one attached hydrogen (secondary N) is 1. The minimum Gasteiger partial charge on any atom is -0.341 e. The topological polar surface area (TPSA) is 69.7 Å². The van der Waals surface area contributed by atoms with Gasteiger partial charge in [0.25, 0.3) is 5.91 Å². The molecule has 3 rings (SSSR count). The van der Waals surface area contributed by atoms with Crippen LogP contribution < -0.4 is 5.32 Å². The molecule has 3 aliphatic rings. The fraction of sp³-hybridized carbons (Fsp3) is 0.800. The van der Waals surface area contributed by atoms with Gasteiger partial charge in [-0.3, -0.25) is 14.5 Å². The van der Waals surface area contributed by atoms with Crippen molar-refractivity contribution in [1.29, 1.82) is 0 Å². The second-order valence-corrected chi connectivity index (χ2v) is 6.59. The van der Waals surface area contributed by atoms with Gasteiger partial charge in [0.1, 0.15) is 12.1 Å². The summed E-state index contributed by atoms with van der Waals surface area (Å²) in [4.78, 5) is 39.8. The van der Waals surface area contributed by atoms with E-state index in [4.69, 9.17) is 0 Å². The molecule has 6 heteroatoms. The third-order valence-electron chi connectivity index (χ3n) is 4.95. The van der Waals surface area contributed by atoms with Gasteiger partial charge in [-0.25, -0.2) is 4.79 Å². The SMILES string of the molecule is CC1(C2CC2)NC(=O)N(CC(=O)N2CCCCCC2)C1=O. The third kappa shape index (κ3) is 2.63. The highest BCUT2D eigenvalue weighted by Crippen LogP contribution is 2.42. The lowest BCUT2D eigenvalue weighted by atomic mass is 9.96. The van der Waals surface area contributed by atoms with Gasteiger partial charge in [0.2, 0.25) is 5.91 Å². The lowest BCUT2D eigenvalue weighted by molar-refractivity contribution is -0.139. The van der Waals surface area contributed by atoms with E-state index in [1.54, 1.807) is 11.8 Å². The van der Waals surface area contributed by atoms with E-state index in [0.29, 0.717) is 0 Å². The second kappa shape index (κ2) is 5.31. The first-order chi connectivity index (χ1) is 10.0. The Kier molecular flexibility index (Phi) is 3.63. The van der Waals surface area contributed by atoms with Crippen molar-refractivity contribution in [2.45, 2.75) is 51.0 Å². The number of hydrogen-bond acceptors (Lipinski definition) is 3. The van der Waals surface area contributed by atoms with Gasteiger partial charge in [0, 0.05) is 13.1 Å². The number of carbonyl (C=O) groups is 3. The van der Waals surface area contributed by atoms with Crippen LogP contribution in [0.15, 0.2) is 0 Å². The Morgan fingerprint density at radius 2 is 1.81 bits per heavy atom. The van der Waals surface area contributed by atoms with Gasteiger partial charge >= 0.3 is 6.03 Å². The van der Waals surface area contributed by atoms with E-state index in [1.807, 2.05) is 0 Å². The van der Waals surface area contributed by atoms with Crippen molar-refractivity contribution in [2.75, 3.05) is 19.6 Å². The minimum atomic E-state index is -0.795. The Morgan fingerprint density at radius 1 is 1.19 bits per heavy atom. The number of imide groups is 1. The lowest BCUT2D eigenvalue weighted by Gasteiger charge is -2.24. The van der Waals surface area contributed by atoms with Crippen LogP contribution in [0.25, 0.3) is 0 Å². The fourth-order valence-corrected chi connectivity index (χ4v) is 3.35. The van der Waals surface area contributed by atoms with E-state index in [9.17, 15) is 14.4 Å². The Hall–Kier alpha value is -1.59. The summed E-state index contributed by atoms with van der Waals surface area (Å²) in [6, 6.07) is -0.419. The van der Waals surface area contributed by atoms with Crippen LogP contribution in [0.5, 0.6) is 0 Å². The first-order valence-corrected chi connectivity index (χ1v) is 7.94. The van der Waals surface area contributed by atoms with Crippen LogP contribution in [0.4, 0.5) is 4.79 Å². The monoisotopic (exact) mass is 293 g/mol. The van der Waals surface area contributed by atoms with Crippen molar-refractivity contribution in [2.24, 2.45) is 5.92 Å². The van der Waals surface area contributed by atoms with Crippen LogP contribution in [-0.4, -0.2) is 52.8 Å². The molecule has 2 aliphatic heterocycles. The molecule has 0 aromatic heterocycles. The smallest absolute Gasteiger partial charge is 0.325 e. The van der Waals surface area contributed by atoms with Gasteiger partial charge in [-0.15, -0.1) is 0 Å². The lowest BCUT2D eigenvalue weighted by Crippen LogP contribution is -2.47. The zero-order chi connectivity index (χ0) is 15.0. The van der Waals surface area contributed by atoms with Crippen LogP contribution in [0, 0.1) is 5.92 Å². The van der Waals surface area contributed by atoms with Gasteiger partial charge in [-0.05, 0) is 38.5 Å². The van der Waals surface area contributed by atoms with Crippen molar-refractivity contribution in [3.8, 4) is 0 Å². The van der Waals surface area contributed by atoms with E-state index in [-0.39, 0.29) is 24.3 Å². The molecule has 0 bridgehead atoms. The maximum Gasteiger partial charge on any atom is 0.325 e. The summed E-state index contributed by atoms with van der Waals surface area (Å²) in [5, 5.41) is 2.78. The first kappa shape index (κ1) is 14.4. The maximum atomic E-state index is 12.5. The van der Waals surface area contributed by atoms with Crippen LogP contribution in [-0.2, 0) is 9.59 Å². The Morgan fingerprint density at radius 3 is 2.38 bits per heavy atom. The van der Waals surface area contributed by atoms with Crippen molar-refractivity contribution in [1.82, 2.24) is 15.1 Å². The average molecular weight is 293 g/mol. The number of rotatable bonds is 3. The van der Waals surface area contributed by atoms with E-state index >= 15 is 0 Å². The highest BCUT2D eigenvalue weighted by Gasteiger charge is 2.56. The molecule has 4 amide bonds. The molecule has 3 fully saturated rings. The molecule has 2 heterocycles. The molecule has 0 radical (unpaired) electrons. The molecule has 0 spiro atoms. The van der Waals surface area contributed by atoms with Crippen LogP contribution in [0.3, 0.4) is 0 Å². The summed E-state index contributed by atoms with van der Waals surface area (Å²) in [5.74, 6) is -0.120. The molecule has 21 heavy (non-hydrogen) atoms. The number of urea groups is 1. The van der Waals surface area contributed by atoms with Gasteiger partial charge in [-0.1, -0.05) is 12.8 Å². The minimum absolute atomic E-state index is 0.111. The first-order valence-electron chi connectivity index (χ1n) is 7.94. The molecule has 116 valence electrons. The summed E-state index contributed by atoms with van der Waals surface area (Å²) in [6.07, 6.45) is 6.24. The number of likely N-dealkylation sites (tertiary alicyclic amines) is 1. The zero-order valence-corrected chi connectivity index (χ0v) is 12.6. The van der Waals surface area contributed by atoms with E-state index < -0.39 is 11.6 Å². The van der Waals surface area contributed by atoms with Crippen LogP contribution >= 0.6 is 0 Å². The Labute approximate surface area is 124 Å². The molecule has 1 N–H and O–H groups in total. The molecule has 1 aliphatic carbocycles. The largest absolute Gasteiger partial charge is 0.341 e. The predicted octanol–water partition coefficient (Wildman–Crippen LogP) is 1.11. The summed E-state index contributed by atoms with van der Waals surface area (Å²) in [5.41, 5.74) is -0.795.